The van der Waals surface area contributed by atoms with Gasteiger partial charge >= 0.3 is 0 Å². The average molecular weight is 300 g/mol. The highest BCUT2D eigenvalue weighted by Gasteiger charge is 2.19. The molecule has 0 amide bonds. The van der Waals surface area contributed by atoms with Crippen LogP contribution in [0.5, 0.6) is 0 Å². The summed E-state index contributed by atoms with van der Waals surface area (Å²) in [5, 5.41) is 20.2. The van der Waals surface area contributed by atoms with Crippen molar-refractivity contribution in [2.45, 2.75) is 31.7 Å². The molecule has 0 aromatic heterocycles. The topological polar surface area (TPSA) is 52.9 Å². The van der Waals surface area contributed by atoms with Crippen LogP contribution < -0.4 is 0 Å². The maximum Gasteiger partial charge on any atom is 0.0900 e. The van der Waals surface area contributed by atoms with E-state index in [4.69, 9.17) is 16.3 Å². The zero-order valence-corrected chi connectivity index (χ0v) is 12.3. The Hall–Kier alpha value is -0.650. The first-order chi connectivity index (χ1) is 9.63. The number of benzene rings is 1. The predicted molar refractivity (Wildman–Crippen MR) is 78.8 cm³/mol. The summed E-state index contributed by atoms with van der Waals surface area (Å²) < 4.78 is 5.51. The Morgan fingerprint density at radius 2 is 2.10 bits per heavy atom. The van der Waals surface area contributed by atoms with Gasteiger partial charge in [0.15, 0.2) is 0 Å². The molecule has 112 valence electrons. The third kappa shape index (κ3) is 5.38. The van der Waals surface area contributed by atoms with Crippen molar-refractivity contribution in [3.8, 4) is 0 Å². The van der Waals surface area contributed by atoms with E-state index in [0.29, 0.717) is 31.3 Å². The molecule has 0 spiro atoms. The normalized spacial score (nSPS) is 21.9. The van der Waals surface area contributed by atoms with Crippen molar-refractivity contribution >= 4 is 11.6 Å². The lowest BCUT2D eigenvalue weighted by atomic mass is 10.1. The van der Waals surface area contributed by atoms with Crippen LogP contribution in [0, 0.1) is 0 Å². The van der Waals surface area contributed by atoms with Crippen LogP contribution in [0.3, 0.4) is 0 Å². The molecule has 0 saturated carbocycles. The fourth-order valence-electron chi connectivity index (χ4n) is 2.44. The van der Waals surface area contributed by atoms with Gasteiger partial charge in [-0.3, -0.25) is 4.90 Å². The molecule has 20 heavy (non-hydrogen) atoms. The highest BCUT2D eigenvalue weighted by atomic mass is 35.5. The molecular formula is C15H22ClNO3. The molecule has 2 rings (SSSR count). The zero-order chi connectivity index (χ0) is 14.4. The first-order valence-electron chi connectivity index (χ1n) is 7.04. The van der Waals surface area contributed by atoms with Crippen LogP contribution in [0.1, 0.15) is 18.4 Å². The van der Waals surface area contributed by atoms with E-state index < -0.39 is 6.10 Å². The van der Waals surface area contributed by atoms with Gasteiger partial charge in [0.05, 0.1) is 25.4 Å². The quantitative estimate of drug-likeness (QED) is 0.839. The summed E-state index contributed by atoms with van der Waals surface area (Å²) in [4.78, 5) is 2.09. The Labute approximate surface area is 124 Å². The van der Waals surface area contributed by atoms with E-state index in [1.807, 2.05) is 24.3 Å². The lowest BCUT2D eigenvalue weighted by Gasteiger charge is -2.31. The van der Waals surface area contributed by atoms with Crippen molar-refractivity contribution in [1.29, 1.82) is 0 Å². The van der Waals surface area contributed by atoms with Crippen molar-refractivity contribution in [2.24, 2.45) is 0 Å². The van der Waals surface area contributed by atoms with Crippen LogP contribution in [0.25, 0.3) is 0 Å². The second-order valence-electron chi connectivity index (χ2n) is 5.35. The number of piperidine rings is 1. The number of halogens is 1. The Kier molecular flexibility index (Phi) is 6.26. The average Bonchev–Trinajstić information content (AvgIpc) is 2.41. The minimum atomic E-state index is -0.521. The molecule has 1 aromatic carbocycles. The first-order valence-corrected chi connectivity index (χ1v) is 7.42. The number of likely N-dealkylation sites (tertiary alicyclic amines) is 1. The molecule has 1 aromatic rings. The summed E-state index contributed by atoms with van der Waals surface area (Å²) in [7, 11) is 0. The van der Waals surface area contributed by atoms with Crippen molar-refractivity contribution in [1.82, 2.24) is 4.90 Å². The van der Waals surface area contributed by atoms with Crippen molar-refractivity contribution in [3.63, 3.8) is 0 Å². The van der Waals surface area contributed by atoms with E-state index in [-0.39, 0.29) is 6.10 Å². The summed E-state index contributed by atoms with van der Waals surface area (Å²) in [5.74, 6) is 0. The lowest BCUT2D eigenvalue weighted by molar-refractivity contribution is -0.00734. The summed E-state index contributed by atoms with van der Waals surface area (Å²) in [6.07, 6.45) is 1.07. The van der Waals surface area contributed by atoms with Gasteiger partial charge in [0.1, 0.15) is 0 Å². The molecule has 2 atom stereocenters. The summed E-state index contributed by atoms with van der Waals surface area (Å²) in [6, 6.07) is 7.48. The smallest absolute Gasteiger partial charge is 0.0900 e. The van der Waals surface area contributed by atoms with Gasteiger partial charge in [-0.25, -0.2) is 0 Å². The van der Waals surface area contributed by atoms with Gasteiger partial charge in [0.25, 0.3) is 0 Å². The third-order valence-corrected chi connectivity index (χ3v) is 3.69. The van der Waals surface area contributed by atoms with Crippen LogP contribution in [-0.4, -0.2) is 53.6 Å². The number of aliphatic hydroxyl groups is 2. The summed E-state index contributed by atoms with van der Waals surface area (Å²) in [5.41, 5.74) is 1.04. The number of aliphatic hydroxyl groups excluding tert-OH is 2. The van der Waals surface area contributed by atoms with E-state index in [1.165, 1.54) is 0 Å². The Balaban J connectivity index is 1.64. The number of rotatable bonds is 6. The number of ether oxygens (including phenoxy) is 1. The Morgan fingerprint density at radius 1 is 1.35 bits per heavy atom. The molecule has 2 N–H and O–H groups in total. The third-order valence-electron chi connectivity index (χ3n) is 3.44. The molecule has 0 radical (unpaired) electrons. The lowest BCUT2D eigenvalue weighted by Crippen LogP contribution is -2.43. The maximum absolute atomic E-state index is 9.94. The second kappa shape index (κ2) is 7.96. The highest BCUT2D eigenvalue weighted by molar-refractivity contribution is 6.30. The first kappa shape index (κ1) is 15.7. The van der Waals surface area contributed by atoms with Crippen LogP contribution in [0.15, 0.2) is 24.3 Å². The van der Waals surface area contributed by atoms with E-state index >= 15 is 0 Å². The number of nitrogens with zero attached hydrogens (tertiary/aromatic N) is 1. The minimum Gasteiger partial charge on any atom is -0.392 e. The number of hydrogen-bond acceptors (Lipinski definition) is 4. The number of hydrogen-bond donors (Lipinski definition) is 2. The second-order valence-corrected chi connectivity index (χ2v) is 5.79. The molecular weight excluding hydrogens is 278 g/mol. The molecule has 5 heteroatoms. The van der Waals surface area contributed by atoms with Gasteiger partial charge < -0.3 is 14.9 Å². The van der Waals surface area contributed by atoms with E-state index in [2.05, 4.69) is 4.90 Å². The molecule has 1 heterocycles. The molecule has 0 aliphatic carbocycles. The maximum atomic E-state index is 9.94. The molecule has 1 aliphatic heterocycles. The van der Waals surface area contributed by atoms with E-state index in [0.717, 1.165) is 24.9 Å². The summed E-state index contributed by atoms with van der Waals surface area (Å²) >= 11 is 5.81. The van der Waals surface area contributed by atoms with Crippen LogP contribution in [0.2, 0.25) is 5.02 Å². The number of β-amino-alcohol motifs (C(OH)–C–C–N with tert-alkyl or cyclic N) is 2. The monoisotopic (exact) mass is 299 g/mol. The van der Waals surface area contributed by atoms with Gasteiger partial charge in [-0.05, 0) is 37.1 Å². The van der Waals surface area contributed by atoms with Gasteiger partial charge in [0, 0.05) is 18.1 Å². The molecule has 0 bridgehead atoms. The molecule has 1 aliphatic rings. The van der Waals surface area contributed by atoms with Gasteiger partial charge in [0.2, 0.25) is 0 Å². The summed E-state index contributed by atoms with van der Waals surface area (Å²) in [6.45, 7) is 2.91. The van der Waals surface area contributed by atoms with Crippen molar-refractivity contribution in [3.05, 3.63) is 34.9 Å². The fraction of sp³-hybridized carbons (Fsp3) is 0.600. The minimum absolute atomic E-state index is 0.258. The SMILES string of the molecule is O[C@H]1CCCN(C[C@@H](O)COCc2ccc(Cl)cc2)C1. The van der Waals surface area contributed by atoms with Crippen molar-refractivity contribution in [2.75, 3.05) is 26.2 Å². The largest absolute Gasteiger partial charge is 0.392 e. The molecule has 4 nitrogen and oxygen atoms in total. The molecule has 1 fully saturated rings. The van der Waals surface area contributed by atoms with Gasteiger partial charge in [-0.15, -0.1) is 0 Å². The predicted octanol–water partition coefficient (Wildman–Crippen LogP) is 1.67. The van der Waals surface area contributed by atoms with Crippen molar-refractivity contribution < 1.29 is 14.9 Å². The van der Waals surface area contributed by atoms with Gasteiger partial charge in [-0.1, -0.05) is 23.7 Å². The van der Waals surface area contributed by atoms with E-state index in [1.54, 1.807) is 0 Å². The zero-order valence-electron chi connectivity index (χ0n) is 11.5. The van der Waals surface area contributed by atoms with Crippen LogP contribution in [0.4, 0.5) is 0 Å². The fourth-order valence-corrected chi connectivity index (χ4v) is 2.57. The van der Waals surface area contributed by atoms with Crippen LogP contribution in [-0.2, 0) is 11.3 Å². The van der Waals surface area contributed by atoms with E-state index in [9.17, 15) is 10.2 Å². The molecule has 1 saturated heterocycles. The Bertz CT molecular complexity index is 399. The van der Waals surface area contributed by atoms with Crippen LogP contribution >= 0.6 is 11.6 Å². The Morgan fingerprint density at radius 3 is 2.80 bits per heavy atom. The highest BCUT2D eigenvalue weighted by Crippen LogP contribution is 2.12. The standard InChI is InChI=1S/C15H22ClNO3/c16-13-5-3-12(4-6-13)10-20-11-15(19)9-17-7-1-2-14(18)8-17/h3-6,14-15,18-19H,1-2,7-11H2/t14-,15+/m0/s1. The molecule has 0 unspecified atom stereocenters. The van der Waals surface area contributed by atoms with Gasteiger partial charge in [-0.2, -0.15) is 0 Å².